The van der Waals surface area contributed by atoms with Gasteiger partial charge in [-0.05, 0) is 53.1 Å². The number of aliphatic hydroxyl groups is 1. The van der Waals surface area contributed by atoms with Gasteiger partial charge in [-0.1, -0.05) is 36.4 Å². The molecular weight excluding hydrogens is 482 g/mol. The number of hydrogen-bond donors (Lipinski definition) is 2. The van der Waals surface area contributed by atoms with E-state index in [2.05, 4.69) is 4.98 Å². The second-order valence-electron chi connectivity index (χ2n) is 8.47. The number of anilines is 1. The van der Waals surface area contributed by atoms with Crippen LogP contribution in [0.5, 0.6) is 5.75 Å². The third kappa shape index (κ3) is 4.69. The first kappa shape index (κ1) is 24.0. The van der Waals surface area contributed by atoms with Crippen LogP contribution in [0, 0.1) is 11.6 Å². The fourth-order valence-corrected chi connectivity index (χ4v) is 5.60. The first-order valence-electron chi connectivity index (χ1n) is 11.3. The summed E-state index contributed by atoms with van der Waals surface area (Å²) in [6.45, 7) is 0. The lowest BCUT2D eigenvalue weighted by Crippen LogP contribution is -2.57. The number of thioether (sulfide) groups is 1. The van der Waals surface area contributed by atoms with Crippen molar-refractivity contribution in [2.24, 2.45) is 0 Å². The van der Waals surface area contributed by atoms with Crippen LogP contribution in [0.3, 0.4) is 0 Å². The third-order valence-corrected chi connectivity index (χ3v) is 7.50. The van der Waals surface area contributed by atoms with E-state index in [0.29, 0.717) is 5.69 Å². The maximum atomic E-state index is 14.1. The van der Waals surface area contributed by atoms with E-state index in [0.717, 1.165) is 28.8 Å². The Bertz CT molecular complexity index is 1370. The van der Waals surface area contributed by atoms with Crippen LogP contribution in [-0.4, -0.2) is 32.1 Å². The third-order valence-electron chi connectivity index (χ3n) is 6.18. The van der Waals surface area contributed by atoms with E-state index >= 15 is 0 Å². The van der Waals surface area contributed by atoms with Crippen LogP contribution in [0.2, 0.25) is 0 Å². The van der Waals surface area contributed by atoms with E-state index in [1.54, 1.807) is 41.6 Å². The molecule has 8 heteroatoms. The fourth-order valence-electron chi connectivity index (χ4n) is 4.31. The number of nitrogens with zero attached hydrogens (tertiary/aromatic N) is 2. The minimum absolute atomic E-state index is 0.0142. The molecule has 0 spiro atoms. The number of phenolic OH excluding ortho intramolecular Hbond substituents is 1. The highest BCUT2D eigenvalue weighted by molar-refractivity contribution is 8.00. The van der Waals surface area contributed by atoms with Gasteiger partial charge in [-0.2, -0.15) is 0 Å². The van der Waals surface area contributed by atoms with Crippen LogP contribution in [0.1, 0.15) is 23.3 Å². The molecule has 0 bridgehead atoms. The summed E-state index contributed by atoms with van der Waals surface area (Å²) < 4.78 is 27.3. The van der Waals surface area contributed by atoms with Crippen molar-refractivity contribution in [3.05, 3.63) is 114 Å². The summed E-state index contributed by atoms with van der Waals surface area (Å²) in [5, 5.41) is 19.7. The molecule has 0 radical (unpaired) electrons. The number of hydrogen-bond acceptors (Lipinski definition) is 5. The van der Waals surface area contributed by atoms with E-state index in [1.165, 1.54) is 17.8 Å². The lowest BCUT2D eigenvalue weighted by molar-refractivity contribution is -0.123. The number of halogens is 2. The average molecular weight is 505 g/mol. The predicted octanol–water partition coefficient (Wildman–Crippen LogP) is 5.66. The zero-order valence-corrected chi connectivity index (χ0v) is 19.8. The molecule has 0 unspecified atom stereocenters. The molecule has 0 saturated carbocycles. The SMILES string of the molecule is O=C1[C@H](SC[C@H](O)c2ccc(F)cc2F)[C@@H](c2ccc(O)cc2)N1c1ccc(-c2cccnc2)cc1. The molecule has 4 aromatic rings. The largest absolute Gasteiger partial charge is 0.508 e. The summed E-state index contributed by atoms with van der Waals surface area (Å²) in [6.07, 6.45) is 2.28. The Morgan fingerprint density at radius 1 is 0.972 bits per heavy atom. The lowest BCUT2D eigenvalue weighted by atomic mass is 9.92. The summed E-state index contributed by atoms with van der Waals surface area (Å²) in [5.41, 5.74) is 3.46. The van der Waals surface area contributed by atoms with Gasteiger partial charge in [0.2, 0.25) is 5.91 Å². The molecule has 3 atom stereocenters. The maximum absolute atomic E-state index is 14.1. The van der Waals surface area contributed by atoms with E-state index in [1.807, 2.05) is 36.4 Å². The van der Waals surface area contributed by atoms with Crippen molar-refractivity contribution in [1.82, 2.24) is 4.98 Å². The van der Waals surface area contributed by atoms with Crippen LogP contribution in [0.4, 0.5) is 14.5 Å². The summed E-state index contributed by atoms with van der Waals surface area (Å²) >= 11 is 1.22. The van der Waals surface area contributed by atoms with Crippen LogP contribution in [-0.2, 0) is 4.79 Å². The number of aromatic nitrogens is 1. The molecular formula is C28H22F2N2O3S. The normalized spacial score (nSPS) is 18.1. The van der Waals surface area contributed by atoms with Gasteiger partial charge in [0.25, 0.3) is 0 Å². The standard InChI is InChI=1S/C28H22F2N2O3S/c29-20-7-12-23(24(30)14-20)25(34)16-36-27-26(18-5-10-22(33)11-6-18)32(28(27)35)21-8-3-17(4-9-21)19-2-1-13-31-15-19/h1-15,25-27,33-34H,16H2/t25-,26+,27+/m0/s1. The zero-order chi connectivity index (χ0) is 25.2. The molecule has 1 amide bonds. The van der Waals surface area contributed by atoms with Gasteiger partial charge in [-0.15, -0.1) is 11.8 Å². The van der Waals surface area contributed by atoms with Crippen molar-refractivity contribution in [1.29, 1.82) is 0 Å². The van der Waals surface area contributed by atoms with Gasteiger partial charge in [0.05, 0.1) is 12.1 Å². The molecule has 5 nitrogen and oxygen atoms in total. The molecule has 3 aromatic carbocycles. The first-order valence-corrected chi connectivity index (χ1v) is 12.3. The van der Waals surface area contributed by atoms with Gasteiger partial charge < -0.3 is 15.1 Å². The highest BCUT2D eigenvalue weighted by Crippen LogP contribution is 2.46. The van der Waals surface area contributed by atoms with Gasteiger partial charge in [0.1, 0.15) is 22.6 Å². The lowest BCUT2D eigenvalue weighted by Gasteiger charge is -2.47. The van der Waals surface area contributed by atoms with E-state index in [9.17, 15) is 23.8 Å². The van der Waals surface area contributed by atoms with Crippen molar-refractivity contribution >= 4 is 23.4 Å². The highest BCUT2D eigenvalue weighted by atomic mass is 32.2. The van der Waals surface area contributed by atoms with Crippen molar-refractivity contribution in [3.8, 4) is 16.9 Å². The molecule has 2 heterocycles. The number of pyridine rings is 1. The van der Waals surface area contributed by atoms with Crippen LogP contribution in [0.25, 0.3) is 11.1 Å². The Balaban J connectivity index is 1.38. The molecule has 1 fully saturated rings. The maximum Gasteiger partial charge on any atom is 0.243 e. The summed E-state index contributed by atoms with van der Waals surface area (Å²) in [7, 11) is 0. The Kier molecular flexibility index (Phi) is 6.71. The Morgan fingerprint density at radius 3 is 2.39 bits per heavy atom. The molecule has 2 N–H and O–H groups in total. The number of rotatable bonds is 7. The van der Waals surface area contributed by atoms with Crippen LogP contribution in [0.15, 0.2) is 91.3 Å². The monoisotopic (exact) mass is 504 g/mol. The number of aromatic hydroxyl groups is 1. The second-order valence-corrected chi connectivity index (χ2v) is 9.64. The van der Waals surface area contributed by atoms with Gasteiger partial charge in [-0.25, -0.2) is 8.78 Å². The number of amides is 1. The van der Waals surface area contributed by atoms with E-state index < -0.39 is 23.0 Å². The molecule has 1 aliphatic heterocycles. The number of phenols is 1. The zero-order valence-electron chi connectivity index (χ0n) is 19.0. The van der Waals surface area contributed by atoms with Crippen molar-refractivity contribution in [3.63, 3.8) is 0 Å². The summed E-state index contributed by atoms with van der Waals surface area (Å²) in [5.74, 6) is -1.51. The minimum Gasteiger partial charge on any atom is -0.508 e. The molecule has 1 aliphatic rings. The van der Waals surface area contributed by atoms with Crippen molar-refractivity contribution in [2.75, 3.05) is 10.7 Å². The molecule has 0 aliphatic carbocycles. The molecule has 5 rings (SSSR count). The highest BCUT2D eigenvalue weighted by Gasteiger charge is 2.49. The first-order chi connectivity index (χ1) is 17.4. The van der Waals surface area contributed by atoms with Gasteiger partial charge in [0, 0.05) is 35.5 Å². The number of carbonyl (C=O) groups is 1. The van der Waals surface area contributed by atoms with Crippen molar-refractivity contribution < 1.29 is 23.8 Å². The number of benzene rings is 3. The Hall–Kier alpha value is -3.75. The number of carbonyl (C=O) groups excluding carboxylic acids is 1. The average Bonchev–Trinajstić information content (AvgIpc) is 2.89. The topological polar surface area (TPSA) is 73.7 Å². The Labute approximate surface area is 211 Å². The predicted molar refractivity (Wildman–Crippen MR) is 136 cm³/mol. The second kappa shape index (κ2) is 10.1. The minimum atomic E-state index is -1.20. The summed E-state index contributed by atoms with van der Waals surface area (Å²) in [4.78, 5) is 19.1. The smallest absolute Gasteiger partial charge is 0.243 e. The molecule has 36 heavy (non-hydrogen) atoms. The summed E-state index contributed by atoms with van der Waals surface area (Å²) in [6, 6.07) is 20.7. The fraction of sp³-hybridized carbons (Fsp3) is 0.143. The molecule has 1 saturated heterocycles. The number of β-lactam (4-membered cyclic amide) rings is 1. The number of aliphatic hydroxyl groups excluding tert-OH is 1. The Morgan fingerprint density at radius 2 is 1.72 bits per heavy atom. The van der Waals surface area contributed by atoms with Crippen LogP contribution >= 0.6 is 11.8 Å². The van der Waals surface area contributed by atoms with E-state index in [4.69, 9.17) is 0 Å². The van der Waals surface area contributed by atoms with Gasteiger partial charge >= 0.3 is 0 Å². The van der Waals surface area contributed by atoms with Gasteiger partial charge in [-0.3, -0.25) is 9.78 Å². The van der Waals surface area contributed by atoms with Gasteiger partial charge in [0.15, 0.2) is 0 Å². The van der Waals surface area contributed by atoms with Crippen molar-refractivity contribution in [2.45, 2.75) is 17.4 Å². The molecule has 182 valence electrons. The quantitative estimate of drug-likeness (QED) is 0.318. The molecule has 1 aromatic heterocycles. The van der Waals surface area contributed by atoms with Crippen LogP contribution < -0.4 is 4.90 Å². The van der Waals surface area contributed by atoms with E-state index in [-0.39, 0.29) is 29.0 Å².